The van der Waals surface area contributed by atoms with Crippen molar-refractivity contribution >= 4 is 35.1 Å². The van der Waals surface area contributed by atoms with Crippen LogP contribution >= 0.6 is 11.6 Å². The summed E-state index contributed by atoms with van der Waals surface area (Å²) in [7, 11) is 0. The lowest BCUT2D eigenvalue weighted by Crippen LogP contribution is -2.29. The number of carbonyl (C=O) groups is 3. The van der Waals surface area contributed by atoms with E-state index in [-0.39, 0.29) is 28.3 Å². The number of imide groups is 1. The molecule has 1 aromatic heterocycles. The molecule has 0 aliphatic carbocycles. The first-order chi connectivity index (χ1) is 16.0. The zero-order valence-corrected chi connectivity index (χ0v) is 17.9. The smallest absolute Gasteiger partial charge is 0.338 e. The van der Waals surface area contributed by atoms with Crippen molar-refractivity contribution in [2.24, 2.45) is 0 Å². The van der Waals surface area contributed by atoms with Crippen molar-refractivity contribution in [2.45, 2.75) is 6.61 Å². The van der Waals surface area contributed by atoms with Crippen molar-refractivity contribution < 1.29 is 19.1 Å². The Labute approximate surface area is 193 Å². The number of benzene rings is 3. The maximum absolute atomic E-state index is 12.9. The van der Waals surface area contributed by atoms with E-state index in [1.807, 2.05) is 30.3 Å². The second-order valence-electron chi connectivity index (χ2n) is 7.36. The van der Waals surface area contributed by atoms with Crippen molar-refractivity contribution in [3.63, 3.8) is 0 Å². The third kappa shape index (κ3) is 3.79. The van der Waals surface area contributed by atoms with Gasteiger partial charge in [-0.3, -0.25) is 9.59 Å². The van der Waals surface area contributed by atoms with E-state index in [1.54, 1.807) is 41.3 Å². The number of carbonyl (C=O) groups excluding carboxylic acids is 3. The summed E-state index contributed by atoms with van der Waals surface area (Å²) >= 11 is 6.17. The molecule has 0 saturated heterocycles. The van der Waals surface area contributed by atoms with Crippen LogP contribution in [0.1, 0.15) is 36.6 Å². The number of ether oxygens (including phenoxy) is 1. The Morgan fingerprint density at radius 3 is 2.42 bits per heavy atom. The van der Waals surface area contributed by atoms with Gasteiger partial charge >= 0.3 is 5.97 Å². The predicted molar refractivity (Wildman–Crippen MR) is 122 cm³/mol. The summed E-state index contributed by atoms with van der Waals surface area (Å²) < 4.78 is 7.08. The van der Waals surface area contributed by atoms with Crippen molar-refractivity contribution in [3.05, 3.63) is 112 Å². The molecule has 0 saturated carbocycles. The molecule has 0 bridgehead atoms. The van der Waals surface area contributed by atoms with Gasteiger partial charge in [-0.2, -0.15) is 5.10 Å². The highest BCUT2D eigenvalue weighted by Gasteiger charge is 2.38. The average molecular weight is 458 g/mol. The normalized spacial score (nSPS) is 12.7. The van der Waals surface area contributed by atoms with Crippen molar-refractivity contribution in [3.8, 4) is 5.69 Å². The van der Waals surface area contributed by atoms with Gasteiger partial charge in [-0.15, -0.1) is 0 Å². The second kappa shape index (κ2) is 8.37. The summed E-state index contributed by atoms with van der Waals surface area (Å²) in [5.74, 6) is -1.64. The van der Waals surface area contributed by atoms with Crippen LogP contribution in [0.5, 0.6) is 0 Å². The van der Waals surface area contributed by atoms with Crippen LogP contribution in [0.15, 0.2) is 85.2 Å². The van der Waals surface area contributed by atoms with Crippen LogP contribution in [0, 0.1) is 0 Å². The Morgan fingerprint density at radius 2 is 1.64 bits per heavy atom. The molecule has 1 aliphatic rings. The number of fused-ring (bicyclic) bond motifs is 1. The van der Waals surface area contributed by atoms with Gasteiger partial charge in [-0.1, -0.05) is 41.9 Å². The molecule has 2 heterocycles. The minimum absolute atomic E-state index is 0.0153. The highest BCUT2D eigenvalue weighted by atomic mass is 35.5. The number of hydrogen-bond donors (Lipinski definition) is 0. The summed E-state index contributed by atoms with van der Waals surface area (Å²) in [4.78, 5) is 39.3. The Bertz CT molecular complexity index is 1400. The van der Waals surface area contributed by atoms with Gasteiger partial charge in [-0.25, -0.2) is 14.4 Å². The van der Waals surface area contributed by atoms with Gasteiger partial charge in [0.05, 0.1) is 39.3 Å². The van der Waals surface area contributed by atoms with Gasteiger partial charge < -0.3 is 4.74 Å². The van der Waals surface area contributed by atoms with Crippen molar-refractivity contribution in [2.75, 3.05) is 4.90 Å². The lowest BCUT2D eigenvalue weighted by Gasteiger charge is -2.15. The van der Waals surface area contributed by atoms with E-state index in [0.717, 1.165) is 10.6 Å². The number of para-hydroxylation sites is 2. The lowest BCUT2D eigenvalue weighted by atomic mass is 10.1. The molecule has 0 N–H and O–H groups in total. The molecule has 0 atom stereocenters. The van der Waals surface area contributed by atoms with E-state index < -0.39 is 17.8 Å². The predicted octanol–water partition coefficient (Wildman–Crippen LogP) is 4.68. The first-order valence-electron chi connectivity index (χ1n) is 10.1. The first kappa shape index (κ1) is 20.7. The molecule has 2 amide bonds. The molecule has 4 aromatic rings. The van der Waals surface area contributed by atoms with E-state index in [2.05, 4.69) is 5.10 Å². The number of anilines is 1. The summed E-state index contributed by atoms with van der Waals surface area (Å²) in [6, 6.07) is 20.4. The van der Waals surface area contributed by atoms with Crippen molar-refractivity contribution in [1.82, 2.24) is 9.78 Å². The summed E-state index contributed by atoms with van der Waals surface area (Å²) in [5.41, 5.74) is 2.41. The molecule has 0 unspecified atom stereocenters. The van der Waals surface area contributed by atoms with E-state index in [1.165, 1.54) is 18.2 Å². The van der Waals surface area contributed by atoms with Crippen LogP contribution < -0.4 is 4.90 Å². The molecular weight excluding hydrogens is 442 g/mol. The zero-order valence-electron chi connectivity index (χ0n) is 17.1. The van der Waals surface area contributed by atoms with Gasteiger partial charge in [0.1, 0.15) is 6.61 Å². The minimum Gasteiger partial charge on any atom is -0.457 e. The maximum atomic E-state index is 12.9. The molecule has 0 radical (unpaired) electrons. The Hall–Kier alpha value is -4.23. The number of hydrogen-bond acceptors (Lipinski definition) is 5. The number of aromatic nitrogens is 2. The average Bonchev–Trinajstić information content (AvgIpc) is 3.41. The topological polar surface area (TPSA) is 81.5 Å². The van der Waals surface area contributed by atoms with Gasteiger partial charge in [0, 0.05) is 11.8 Å². The number of halogens is 1. The Balaban J connectivity index is 1.32. The zero-order chi connectivity index (χ0) is 22.9. The van der Waals surface area contributed by atoms with Crippen LogP contribution in [0.3, 0.4) is 0 Å². The molecule has 33 heavy (non-hydrogen) atoms. The van der Waals surface area contributed by atoms with Gasteiger partial charge in [-0.05, 0) is 42.5 Å². The summed E-state index contributed by atoms with van der Waals surface area (Å²) in [6.07, 6.45) is 3.39. The fraction of sp³-hybridized carbons (Fsp3) is 0.0400. The Kier molecular flexibility index (Phi) is 5.24. The van der Waals surface area contributed by atoms with Crippen LogP contribution in [-0.2, 0) is 11.3 Å². The molecular formula is C25H16ClN3O4. The van der Waals surface area contributed by atoms with Gasteiger partial charge in [0.15, 0.2) is 0 Å². The van der Waals surface area contributed by atoms with Crippen LogP contribution in [-0.4, -0.2) is 27.6 Å². The largest absolute Gasteiger partial charge is 0.457 e. The number of esters is 1. The number of rotatable bonds is 5. The monoisotopic (exact) mass is 457 g/mol. The van der Waals surface area contributed by atoms with Gasteiger partial charge in [0.2, 0.25) is 0 Å². The Morgan fingerprint density at radius 1 is 0.909 bits per heavy atom. The summed E-state index contributed by atoms with van der Waals surface area (Å²) in [6.45, 7) is 0.0153. The second-order valence-corrected chi connectivity index (χ2v) is 7.77. The number of nitrogens with zero attached hydrogens (tertiary/aromatic N) is 3. The maximum Gasteiger partial charge on any atom is 0.338 e. The molecule has 0 fully saturated rings. The molecule has 8 heteroatoms. The molecule has 162 valence electrons. The fourth-order valence-electron chi connectivity index (χ4n) is 3.61. The molecule has 0 spiro atoms. The minimum atomic E-state index is -0.610. The summed E-state index contributed by atoms with van der Waals surface area (Å²) in [5, 5.41) is 4.55. The highest BCUT2D eigenvalue weighted by molar-refractivity contribution is 6.39. The molecule has 3 aromatic carbocycles. The van der Waals surface area contributed by atoms with Crippen LogP contribution in [0.2, 0.25) is 5.02 Å². The van der Waals surface area contributed by atoms with E-state index in [9.17, 15) is 14.4 Å². The number of amides is 2. The van der Waals surface area contributed by atoms with E-state index >= 15 is 0 Å². The standard InChI is InChI=1S/C25H16ClN3O4/c26-21-8-4-5-9-22(21)29-23(30)19-11-10-17(12-20(19)24(29)31)25(32)33-15-16-13-27-28(14-16)18-6-2-1-3-7-18/h1-14H,15H2. The lowest BCUT2D eigenvalue weighted by molar-refractivity contribution is 0.0472. The first-order valence-corrected chi connectivity index (χ1v) is 10.4. The molecule has 7 nitrogen and oxygen atoms in total. The van der Waals surface area contributed by atoms with Crippen LogP contribution in [0.4, 0.5) is 5.69 Å². The van der Waals surface area contributed by atoms with E-state index in [0.29, 0.717) is 11.3 Å². The molecule has 1 aliphatic heterocycles. The third-order valence-corrected chi connectivity index (χ3v) is 5.56. The fourth-order valence-corrected chi connectivity index (χ4v) is 3.83. The highest BCUT2D eigenvalue weighted by Crippen LogP contribution is 2.33. The van der Waals surface area contributed by atoms with Gasteiger partial charge in [0.25, 0.3) is 11.8 Å². The molecule has 5 rings (SSSR count). The van der Waals surface area contributed by atoms with Crippen LogP contribution in [0.25, 0.3) is 5.69 Å². The van der Waals surface area contributed by atoms with Crippen molar-refractivity contribution in [1.29, 1.82) is 0 Å². The van der Waals surface area contributed by atoms with E-state index in [4.69, 9.17) is 16.3 Å². The SMILES string of the molecule is O=C(OCc1cnn(-c2ccccc2)c1)c1ccc2c(c1)C(=O)N(c1ccccc1Cl)C2=O. The quantitative estimate of drug-likeness (QED) is 0.321. The third-order valence-electron chi connectivity index (χ3n) is 5.24.